The lowest BCUT2D eigenvalue weighted by Gasteiger charge is -2.28. The van der Waals surface area contributed by atoms with Gasteiger partial charge in [-0.15, -0.1) is 0 Å². The van der Waals surface area contributed by atoms with E-state index >= 15 is 0 Å². The van der Waals surface area contributed by atoms with E-state index in [9.17, 15) is 9.59 Å². The molecule has 0 spiro atoms. The predicted molar refractivity (Wildman–Crippen MR) is 93.8 cm³/mol. The lowest BCUT2D eigenvalue weighted by Crippen LogP contribution is -2.37. The molecule has 2 N–H and O–H groups in total. The summed E-state index contributed by atoms with van der Waals surface area (Å²) in [6.45, 7) is 5.25. The Morgan fingerprint density at radius 3 is 2.48 bits per heavy atom. The Bertz CT molecular complexity index is 605. The number of benzene rings is 1. The quantitative estimate of drug-likeness (QED) is 0.488. The number of amides is 2. The number of hydrogen-bond donors (Lipinski definition) is 2. The molecule has 0 saturated carbocycles. The van der Waals surface area contributed by atoms with E-state index in [4.69, 9.17) is 9.94 Å². The fraction of sp³-hybridized carbons (Fsp3) is 0.474. The molecule has 2 amide bonds. The van der Waals surface area contributed by atoms with Gasteiger partial charge in [-0.25, -0.2) is 10.3 Å². The number of hydrogen-bond acceptors (Lipinski definition) is 4. The third-order valence-electron chi connectivity index (χ3n) is 4.68. The van der Waals surface area contributed by atoms with Crippen LogP contribution < -0.4 is 5.48 Å². The first-order valence-electron chi connectivity index (χ1n) is 8.60. The van der Waals surface area contributed by atoms with Crippen molar-refractivity contribution in [1.29, 1.82) is 0 Å². The normalized spacial score (nSPS) is 16.8. The highest BCUT2D eigenvalue weighted by Gasteiger charge is 2.23. The molecule has 2 rings (SSSR count). The number of rotatable bonds is 5. The van der Waals surface area contributed by atoms with Gasteiger partial charge in [-0.05, 0) is 24.3 Å². The molecule has 136 valence electrons. The summed E-state index contributed by atoms with van der Waals surface area (Å²) in [6.07, 6.45) is 3.34. The van der Waals surface area contributed by atoms with Crippen molar-refractivity contribution in [2.24, 2.45) is 11.8 Å². The first-order valence-corrected chi connectivity index (χ1v) is 8.60. The Morgan fingerprint density at radius 1 is 1.24 bits per heavy atom. The molecule has 1 saturated heterocycles. The highest BCUT2D eigenvalue weighted by atomic mass is 16.6. The minimum absolute atomic E-state index is 0.0266. The molecule has 2 atom stereocenters. The predicted octanol–water partition coefficient (Wildman–Crippen LogP) is 3.12. The van der Waals surface area contributed by atoms with Crippen LogP contribution >= 0.6 is 0 Å². The zero-order valence-electron chi connectivity index (χ0n) is 14.8. The molecule has 0 aliphatic carbocycles. The zero-order valence-corrected chi connectivity index (χ0v) is 14.8. The van der Waals surface area contributed by atoms with Crippen molar-refractivity contribution in [2.75, 3.05) is 13.1 Å². The summed E-state index contributed by atoms with van der Waals surface area (Å²) in [5.41, 5.74) is 3.90. The van der Waals surface area contributed by atoms with Crippen LogP contribution in [0.15, 0.2) is 42.0 Å². The van der Waals surface area contributed by atoms with Crippen LogP contribution in [0.25, 0.3) is 0 Å². The second kappa shape index (κ2) is 9.22. The van der Waals surface area contributed by atoms with E-state index in [1.54, 1.807) is 17.3 Å². The van der Waals surface area contributed by atoms with Gasteiger partial charge in [0.25, 0.3) is 0 Å². The van der Waals surface area contributed by atoms with Crippen LogP contribution in [0.1, 0.15) is 32.3 Å². The van der Waals surface area contributed by atoms with Crippen molar-refractivity contribution < 1.29 is 19.5 Å². The van der Waals surface area contributed by atoms with E-state index in [1.165, 1.54) is 5.57 Å². The molecular weight excluding hydrogens is 320 g/mol. The van der Waals surface area contributed by atoms with E-state index in [1.807, 2.05) is 37.3 Å². The van der Waals surface area contributed by atoms with Gasteiger partial charge in [0.15, 0.2) is 0 Å². The smallest absolute Gasteiger partial charge is 0.410 e. The van der Waals surface area contributed by atoms with Crippen LogP contribution in [0.2, 0.25) is 0 Å². The average Bonchev–Trinajstić information content (AvgIpc) is 2.66. The SMILES string of the molecule is C[C@@H](C=C1CCN(C(=O)OCc2ccccc2)CC1)[C@@H](C)C(=O)NO. The molecule has 1 fully saturated rings. The summed E-state index contributed by atoms with van der Waals surface area (Å²) in [6, 6.07) is 9.61. The number of hydroxylamine groups is 1. The molecule has 0 radical (unpaired) electrons. The van der Waals surface area contributed by atoms with E-state index in [0.717, 1.165) is 18.4 Å². The number of nitrogens with zero attached hydrogens (tertiary/aromatic N) is 1. The Hall–Kier alpha value is -2.34. The molecule has 1 aliphatic heterocycles. The van der Waals surface area contributed by atoms with Gasteiger partial charge in [-0.2, -0.15) is 0 Å². The van der Waals surface area contributed by atoms with Gasteiger partial charge >= 0.3 is 6.09 Å². The van der Waals surface area contributed by atoms with Gasteiger partial charge in [0.2, 0.25) is 5.91 Å². The van der Waals surface area contributed by atoms with Gasteiger partial charge in [0.05, 0.1) is 0 Å². The lowest BCUT2D eigenvalue weighted by atomic mass is 9.90. The van der Waals surface area contributed by atoms with Crippen molar-refractivity contribution in [3.63, 3.8) is 0 Å². The monoisotopic (exact) mass is 346 g/mol. The first-order chi connectivity index (χ1) is 12.0. The number of carbonyl (C=O) groups excluding carboxylic acids is 2. The molecule has 0 aromatic heterocycles. The van der Waals surface area contributed by atoms with E-state index < -0.39 is 0 Å². The summed E-state index contributed by atoms with van der Waals surface area (Å²) < 4.78 is 5.35. The van der Waals surface area contributed by atoms with Crippen molar-refractivity contribution in [3.8, 4) is 0 Å². The van der Waals surface area contributed by atoms with Crippen molar-refractivity contribution >= 4 is 12.0 Å². The molecule has 1 heterocycles. The van der Waals surface area contributed by atoms with Crippen LogP contribution in [-0.4, -0.2) is 35.2 Å². The molecule has 6 heteroatoms. The zero-order chi connectivity index (χ0) is 18.2. The summed E-state index contributed by atoms with van der Waals surface area (Å²) in [4.78, 5) is 25.3. The van der Waals surface area contributed by atoms with Crippen LogP contribution in [0.5, 0.6) is 0 Å². The topological polar surface area (TPSA) is 78.9 Å². The molecule has 1 aromatic rings. The largest absolute Gasteiger partial charge is 0.445 e. The number of nitrogens with one attached hydrogen (secondary N) is 1. The Labute approximate surface area is 148 Å². The lowest BCUT2D eigenvalue weighted by molar-refractivity contribution is -0.133. The van der Waals surface area contributed by atoms with Crippen LogP contribution in [-0.2, 0) is 16.1 Å². The second-order valence-corrected chi connectivity index (χ2v) is 6.48. The highest BCUT2D eigenvalue weighted by Crippen LogP contribution is 2.22. The number of likely N-dealkylation sites (tertiary alicyclic amines) is 1. The van der Waals surface area contributed by atoms with Gasteiger partial charge in [-0.1, -0.05) is 55.8 Å². The molecule has 1 aromatic carbocycles. The maximum atomic E-state index is 12.1. The maximum absolute atomic E-state index is 12.1. The fourth-order valence-electron chi connectivity index (χ4n) is 2.81. The van der Waals surface area contributed by atoms with Crippen LogP contribution in [0, 0.1) is 11.8 Å². The summed E-state index contributed by atoms with van der Waals surface area (Å²) in [7, 11) is 0. The second-order valence-electron chi connectivity index (χ2n) is 6.48. The molecule has 6 nitrogen and oxygen atoms in total. The molecular formula is C19H26N2O4. The maximum Gasteiger partial charge on any atom is 0.410 e. The Balaban J connectivity index is 1.79. The van der Waals surface area contributed by atoms with E-state index in [-0.39, 0.29) is 30.4 Å². The summed E-state index contributed by atoms with van der Waals surface area (Å²) in [5.74, 6) is -0.656. The third kappa shape index (κ3) is 5.60. The average molecular weight is 346 g/mol. The van der Waals surface area contributed by atoms with Gasteiger partial charge < -0.3 is 9.64 Å². The molecule has 0 unspecified atom stereocenters. The molecule has 25 heavy (non-hydrogen) atoms. The van der Waals surface area contributed by atoms with Crippen molar-refractivity contribution in [2.45, 2.75) is 33.3 Å². The summed E-state index contributed by atoms with van der Waals surface area (Å²) >= 11 is 0. The number of carbonyl (C=O) groups is 2. The first kappa shape index (κ1) is 19.0. The standard InChI is InChI=1S/C19H26N2O4/c1-14(15(2)18(22)20-24)12-16-8-10-21(11-9-16)19(23)25-13-17-6-4-3-5-7-17/h3-7,12,14-15,24H,8-11,13H2,1-2H3,(H,20,22)/t14-,15+/m0/s1. The minimum Gasteiger partial charge on any atom is -0.445 e. The number of ether oxygens (including phenoxy) is 1. The van der Waals surface area contributed by atoms with Gasteiger partial charge in [-0.3, -0.25) is 10.0 Å². The van der Waals surface area contributed by atoms with Crippen molar-refractivity contribution in [1.82, 2.24) is 10.4 Å². The number of allylic oxidation sites excluding steroid dienone is 1. The summed E-state index contributed by atoms with van der Waals surface area (Å²) in [5, 5.41) is 8.71. The minimum atomic E-state index is -0.383. The number of piperidine rings is 1. The Morgan fingerprint density at radius 2 is 1.88 bits per heavy atom. The Kier molecular flexibility index (Phi) is 7.01. The highest BCUT2D eigenvalue weighted by molar-refractivity contribution is 5.77. The molecule has 0 bridgehead atoms. The van der Waals surface area contributed by atoms with E-state index in [0.29, 0.717) is 13.1 Å². The van der Waals surface area contributed by atoms with Crippen molar-refractivity contribution in [3.05, 3.63) is 47.5 Å². The third-order valence-corrected chi connectivity index (χ3v) is 4.68. The van der Waals surface area contributed by atoms with Crippen LogP contribution in [0.4, 0.5) is 4.79 Å². The van der Waals surface area contributed by atoms with Gasteiger partial charge in [0, 0.05) is 19.0 Å². The fourth-order valence-corrected chi connectivity index (χ4v) is 2.81. The van der Waals surface area contributed by atoms with E-state index in [2.05, 4.69) is 6.08 Å². The van der Waals surface area contributed by atoms with Gasteiger partial charge in [0.1, 0.15) is 6.61 Å². The molecule has 1 aliphatic rings. The van der Waals surface area contributed by atoms with Crippen LogP contribution in [0.3, 0.4) is 0 Å².